The molecule has 2 rings (SSSR count). The smallest absolute Gasteiger partial charge is 0.385 e. The van der Waals surface area contributed by atoms with E-state index in [4.69, 9.17) is 9.84 Å². The minimum atomic E-state index is -0.831. The predicted octanol–water partition coefficient (Wildman–Crippen LogP) is 1.84. The van der Waals surface area contributed by atoms with Gasteiger partial charge in [-0.25, -0.2) is 4.79 Å². The number of carbonyl (C=O) groups excluding carboxylic acids is 1. The Morgan fingerprint density at radius 3 is 2.40 bits per heavy atom. The quantitative estimate of drug-likeness (QED) is 0.474. The number of carbonyl (C=O) groups is 2. The molecule has 0 aromatic carbocycles. The van der Waals surface area contributed by atoms with Crippen molar-refractivity contribution in [1.82, 2.24) is 0 Å². The molecule has 0 aromatic rings. The Labute approximate surface area is 118 Å². The molecule has 2 atom stereocenters. The molecule has 0 aliphatic heterocycles. The van der Waals surface area contributed by atoms with Crippen LogP contribution in [-0.2, 0) is 14.3 Å². The first-order valence-electron chi connectivity index (χ1n) is 6.88. The fourth-order valence-electron chi connectivity index (χ4n) is 2.75. The van der Waals surface area contributed by atoms with Gasteiger partial charge in [0.25, 0.3) is 0 Å². The first-order valence-corrected chi connectivity index (χ1v) is 6.88. The van der Waals surface area contributed by atoms with Crippen molar-refractivity contribution in [2.75, 3.05) is 0 Å². The lowest BCUT2D eigenvalue weighted by Gasteiger charge is -2.06. The summed E-state index contributed by atoms with van der Waals surface area (Å²) in [5, 5.41) is 8.99. The van der Waals surface area contributed by atoms with Crippen molar-refractivity contribution < 1.29 is 19.4 Å². The molecule has 1 N–H and O–H groups in total. The minimum Gasteiger partial charge on any atom is -0.481 e. The van der Waals surface area contributed by atoms with E-state index >= 15 is 0 Å². The van der Waals surface area contributed by atoms with Crippen LogP contribution < -0.4 is 0 Å². The van der Waals surface area contributed by atoms with Crippen LogP contribution in [0.4, 0.5) is 0 Å². The lowest BCUT2D eigenvalue weighted by Crippen LogP contribution is -2.12. The molecule has 106 valence electrons. The second-order valence-electron chi connectivity index (χ2n) is 5.95. The fraction of sp³-hybridized carbons (Fsp3) is 0.625. The third kappa shape index (κ3) is 3.14. The zero-order valence-electron chi connectivity index (χ0n) is 11.7. The van der Waals surface area contributed by atoms with Gasteiger partial charge in [0.1, 0.15) is 6.10 Å². The van der Waals surface area contributed by atoms with E-state index in [2.05, 4.69) is 23.7 Å². The maximum atomic E-state index is 11.4. The van der Waals surface area contributed by atoms with E-state index < -0.39 is 17.9 Å². The van der Waals surface area contributed by atoms with Crippen LogP contribution in [0.3, 0.4) is 0 Å². The third-order valence-electron chi connectivity index (χ3n) is 4.12. The van der Waals surface area contributed by atoms with Crippen LogP contribution >= 0.6 is 0 Å². The molecule has 0 unspecified atom stereocenters. The molecule has 4 nitrogen and oxygen atoms in total. The molecule has 0 radical (unpaired) electrons. The second-order valence-corrected chi connectivity index (χ2v) is 5.95. The number of rotatable bonds is 2. The Hall–Kier alpha value is -1.94. The summed E-state index contributed by atoms with van der Waals surface area (Å²) in [6, 6.07) is 0. The molecular weight excluding hydrogens is 256 g/mol. The van der Waals surface area contributed by atoms with Gasteiger partial charge >= 0.3 is 11.9 Å². The molecule has 2 aliphatic rings. The number of hydrogen-bond donors (Lipinski definition) is 1. The van der Waals surface area contributed by atoms with Crippen LogP contribution in [0.15, 0.2) is 0 Å². The zero-order valence-corrected chi connectivity index (χ0v) is 11.7. The van der Waals surface area contributed by atoms with Crippen molar-refractivity contribution in [3.05, 3.63) is 0 Å². The first kappa shape index (κ1) is 14.5. The van der Waals surface area contributed by atoms with Crippen LogP contribution in [0.2, 0.25) is 0 Å². The summed E-state index contributed by atoms with van der Waals surface area (Å²) in [6.45, 7) is 3.74. The first-order chi connectivity index (χ1) is 9.43. The summed E-state index contributed by atoms with van der Waals surface area (Å²) in [6.07, 6.45) is 4.02. The van der Waals surface area contributed by atoms with Crippen molar-refractivity contribution in [2.45, 2.75) is 45.6 Å². The van der Waals surface area contributed by atoms with Crippen molar-refractivity contribution in [3.63, 3.8) is 0 Å². The van der Waals surface area contributed by atoms with Gasteiger partial charge < -0.3 is 9.84 Å². The van der Waals surface area contributed by atoms with Crippen molar-refractivity contribution in [2.24, 2.45) is 17.3 Å². The Bertz CT molecular complexity index is 532. The lowest BCUT2D eigenvalue weighted by atomic mass is 10.1. The topological polar surface area (TPSA) is 63.6 Å². The maximum Gasteiger partial charge on any atom is 0.385 e. The van der Waals surface area contributed by atoms with Crippen molar-refractivity contribution in [1.29, 1.82) is 0 Å². The maximum absolute atomic E-state index is 11.4. The predicted molar refractivity (Wildman–Crippen MR) is 72.3 cm³/mol. The highest BCUT2D eigenvalue weighted by Gasteiger charge is 2.61. The summed E-state index contributed by atoms with van der Waals surface area (Å²) in [5.41, 5.74) is -0.315. The average Bonchev–Trinajstić information content (AvgIpc) is 2.74. The number of carboxylic acids is 1. The van der Waals surface area contributed by atoms with Gasteiger partial charge in [-0.3, -0.25) is 4.79 Å². The Balaban J connectivity index is 1.84. The molecule has 0 amide bonds. The van der Waals surface area contributed by atoms with Crippen LogP contribution in [0.5, 0.6) is 0 Å². The SMILES string of the molecule is CC1(C)[C@H](C(=O)O)[C@@H]1C#CC#CC(=O)OC1CCCC1. The van der Waals surface area contributed by atoms with Crippen LogP contribution in [-0.4, -0.2) is 23.1 Å². The molecule has 0 aromatic heterocycles. The molecule has 0 saturated heterocycles. The van der Waals surface area contributed by atoms with Gasteiger partial charge in [-0.15, -0.1) is 0 Å². The molecule has 0 spiro atoms. The van der Waals surface area contributed by atoms with Crippen molar-refractivity contribution >= 4 is 11.9 Å². The second kappa shape index (κ2) is 5.59. The molecule has 0 heterocycles. The third-order valence-corrected chi connectivity index (χ3v) is 4.12. The normalized spacial score (nSPS) is 26.7. The van der Waals surface area contributed by atoms with E-state index in [-0.39, 0.29) is 17.4 Å². The van der Waals surface area contributed by atoms with E-state index in [0.29, 0.717) is 0 Å². The minimum absolute atomic E-state index is 0.00326. The summed E-state index contributed by atoms with van der Waals surface area (Å²) in [4.78, 5) is 22.3. The number of ether oxygens (including phenoxy) is 1. The Kier molecular flexibility index (Phi) is 4.04. The molecule has 2 fully saturated rings. The van der Waals surface area contributed by atoms with Crippen LogP contribution in [0.1, 0.15) is 39.5 Å². The monoisotopic (exact) mass is 274 g/mol. The van der Waals surface area contributed by atoms with Crippen LogP contribution in [0.25, 0.3) is 0 Å². The highest BCUT2D eigenvalue weighted by molar-refractivity contribution is 5.89. The highest BCUT2D eigenvalue weighted by Crippen LogP contribution is 2.57. The Morgan fingerprint density at radius 1 is 1.20 bits per heavy atom. The standard InChI is InChI=1S/C16H18O4/c1-16(2)12(14(16)15(18)19)9-5-6-10-13(17)20-11-7-3-4-8-11/h11-12,14H,3-4,7-8H2,1-2H3,(H,18,19)/t12-,14-/m0/s1. The van der Waals surface area contributed by atoms with Crippen LogP contribution in [0, 0.1) is 40.9 Å². The van der Waals surface area contributed by atoms with Gasteiger partial charge in [-0.2, -0.15) is 0 Å². The Morgan fingerprint density at radius 2 is 1.85 bits per heavy atom. The number of carboxylic acid groups (broad SMARTS) is 1. The number of hydrogen-bond acceptors (Lipinski definition) is 3. The molecule has 2 aliphatic carbocycles. The molecule has 2 saturated carbocycles. The highest BCUT2D eigenvalue weighted by atomic mass is 16.5. The van der Waals surface area contributed by atoms with Gasteiger partial charge in [-0.05, 0) is 42.9 Å². The van der Waals surface area contributed by atoms with Gasteiger partial charge in [0.05, 0.1) is 5.92 Å². The van der Waals surface area contributed by atoms with E-state index in [1.165, 1.54) is 0 Å². The number of aliphatic carboxylic acids is 1. The van der Waals surface area contributed by atoms with E-state index in [0.717, 1.165) is 25.7 Å². The zero-order chi connectivity index (χ0) is 14.8. The van der Waals surface area contributed by atoms with E-state index in [9.17, 15) is 9.59 Å². The average molecular weight is 274 g/mol. The largest absolute Gasteiger partial charge is 0.481 e. The van der Waals surface area contributed by atoms with Gasteiger partial charge in [0.2, 0.25) is 0 Å². The van der Waals surface area contributed by atoms with Gasteiger partial charge in [0.15, 0.2) is 0 Å². The van der Waals surface area contributed by atoms with Gasteiger partial charge in [0, 0.05) is 11.8 Å². The molecule has 4 heteroatoms. The van der Waals surface area contributed by atoms with Crippen molar-refractivity contribution in [3.8, 4) is 23.7 Å². The molecule has 20 heavy (non-hydrogen) atoms. The lowest BCUT2D eigenvalue weighted by molar-refractivity contribution is -0.141. The summed E-state index contributed by atoms with van der Waals surface area (Å²) in [5.74, 6) is 8.15. The molecular formula is C16H18O4. The fourth-order valence-corrected chi connectivity index (χ4v) is 2.75. The molecule has 0 bridgehead atoms. The summed E-state index contributed by atoms with van der Waals surface area (Å²) in [7, 11) is 0. The summed E-state index contributed by atoms with van der Waals surface area (Å²) >= 11 is 0. The summed E-state index contributed by atoms with van der Waals surface area (Å²) < 4.78 is 5.16. The van der Waals surface area contributed by atoms with Gasteiger partial charge in [-0.1, -0.05) is 19.8 Å². The van der Waals surface area contributed by atoms with E-state index in [1.54, 1.807) is 0 Å². The van der Waals surface area contributed by atoms with E-state index in [1.807, 2.05) is 13.8 Å². The number of esters is 1.